The van der Waals surface area contributed by atoms with E-state index in [1.165, 1.54) is 0 Å². The van der Waals surface area contributed by atoms with Crippen LogP contribution in [0.1, 0.15) is 10.4 Å². The number of methoxy groups -OCH3 is 1. The highest BCUT2D eigenvalue weighted by Gasteiger charge is 2.27. The fourth-order valence-electron chi connectivity index (χ4n) is 4.09. The van der Waals surface area contributed by atoms with Crippen molar-refractivity contribution in [1.29, 1.82) is 0 Å². The van der Waals surface area contributed by atoms with E-state index in [0.29, 0.717) is 24.3 Å². The minimum absolute atomic E-state index is 0.00887. The smallest absolute Gasteiger partial charge is 0.257 e. The maximum absolute atomic E-state index is 13.6. The number of piperazine rings is 1. The Kier molecular flexibility index (Phi) is 5.76. The number of rotatable bonds is 5. The van der Waals surface area contributed by atoms with Gasteiger partial charge in [0, 0.05) is 56.0 Å². The molecule has 7 heteroatoms. The maximum atomic E-state index is 13.6. The molecule has 0 radical (unpaired) electrons. The molecule has 7 nitrogen and oxygen atoms in total. The summed E-state index contributed by atoms with van der Waals surface area (Å²) in [6, 6.07) is 21.7. The van der Waals surface area contributed by atoms with Gasteiger partial charge in [0.15, 0.2) is 0 Å². The normalized spacial score (nSPS) is 13.7. The van der Waals surface area contributed by atoms with E-state index in [-0.39, 0.29) is 5.91 Å². The Bertz CT molecular complexity index is 1210. The van der Waals surface area contributed by atoms with Crippen LogP contribution in [0, 0.1) is 0 Å². The molecule has 0 spiro atoms. The number of nitrogens with zero attached hydrogens (tertiary/aromatic N) is 5. The van der Waals surface area contributed by atoms with Gasteiger partial charge < -0.3 is 14.5 Å². The van der Waals surface area contributed by atoms with Gasteiger partial charge in [-0.15, -0.1) is 0 Å². The minimum atomic E-state index is -0.00887. The van der Waals surface area contributed by atoms with E-state index < -0.39 is 0 Å². The molecule has 3 heterocycles. The largest absolute Gasteiger partial charge is 0.497 e. The van der Waals surface area contributed by atoms with Crippen LogP contribution in [0.3, 0.4) is 0 Å². The van der Waals surface area contributed by atoms with E-state index >= 15 is 0 Å². The van der Waals surface area contributed by atoms with E-state index in [1.807, 2.05) is 65.7 Å². The highest BCUT2D eigenvalue weighted by molar-refractivity contribution is 6.00. The van der Waals surface area contributed by atoms with Gasteiger partial charge in [0.2, 0.25) is 0 Å². The van der Waals surface area contributed by atoms with Crippen molar-refractivity contribution >= 4 is 11.6 Å². The van der Waals surface area contributed by atoms with Crippen LogP contribution in [0.4, 0.5) is 5.69 Å². The van der Waals surface area contributed by atoms with Gasteiger partial charge in [0.1, 0.15) is 11.4 Å². The molecule has 0 unspecified atom stereocenters. The summed E-state index contributed by atoms with van der Waals surface area (Å²) in [5.41, 5.74) is 4.11. The zero-order chi connectivity index (χ0) is 22.6. The number of aromatic nitrogens is 3. The monoisotopic (exact) mass is 439 g/mol. The number of hydrogen-bond donors (Lipinski definition) is 0. The Balaban J connectivity index is 1.38. The summed E-state index contributed by atoms with van der Waals surface area (Å²) < 4.78 is 7.02. The second-order valence-corrected chi connectivity index (χ2v) is 7.89. The lowest BCUT2D eigenvalue weighted by Crippen LogP contribution is -2.48. The quantitative estimate of drug-likeness (QED) is 0.472. The van der Waals surface area contributed by atoms with Gasteiger partial charge in [-0.05, 0) is 48.5 Å². The van der Waals surface area contributed by atoms with Crippen LogP contribution < -0.4 is 9.64 Å². The number of amides is 1. The number of carbonyl (C=O) groups excluding carboxylic acids is 1. The van der Waals surface area contributed by atoms with Crippen molar-refractivity contribution in [3.8, 4) is 22.7 Å². The number of para-hydroxylation sites is 1. The molecule has 0 N–H and O–H groups in total. The van der Waals surface area contributed by atoms with Crippen molar-refractivity contribution in [2.75, 3.05) is 38.2 Å². The fourth-order valence-corrected chi connectivity index (χ4v) is 4.09. The highest BCUT2D eigenvalue weighted by Crippen LogP contribution is 2.26. The topological polar surface area (TPSA) is 63.5 Å². The highest BCUT2D eigenvalue weighted by atomic mass is 16.5. The summed E-state index contributed by atoms with van der Waals surface area (Å²) in [5, 5.41) is 4.75. The van der Waals surface area contributed by atoms with Crippen molar-refractivity contribution in [2.45, 2.75) is 0 Å². The second-order valence-electron chi connectivity index (χ2n) is 7.89. The Morgan fingerprint density at radius 3 is 2.30 bits per heavy atom. The number of carbonyl (C=O) groups is 1. The summed E-state index contributed by atoms with van der Waals surface area (Å²) in [6.07, 6.45) is 5.30. The van der Waals surface area contributed by atoms with Crippen LogP contribution in [0.15, 0.2) is 85.3 Å². The number of hydrogen-bond acceptors (Lipinski definition) is 5. The molecular formula is C26H25N5O2. The minimum Gasteiger partial charge on any atom is -0.497 e. The Hall–Kier alpha value is -4.13. The molecule has 0 bridgehead atoms. The number of benzene rings is 2. The zero-order valence-electron chi connectivity index (χ0n) is 18.5. The van der Waals surface area contributed by atoms with Gasteiger partial charge in [0.25, 0.3) is 5.91 Å². The van der Waals surface area contributed by atoms with Crippen molar-refractivity contribution < 1.29 is 9.53 Å². The molecule has 0 aliphatic carbocycles. The SMILES string of the molecule is COc1ccc(N2CCN(C(=O)c3cn(-c4ccccc4)nc3-c3cccnc3)CC2)cc1. The number of pyridine rings is 1. The number of ether oxygens (including phenoxy) is 1. The molecule has 0 atom stereocenters. The summed E-state index contributed by atoms with van der Waals surface area (Å²) in [5.74, 6) is 0.830. The average molecular weight is 440 g/mol. The molecule has 1 amide bonds. The van der Waals surface area contributed by atoms with Gasteiger partial charge in [-0.1, -0.05) is 18.2 Å². The third kappa shape index (κ3) is 4.30. The van der Waals surface area contributed by atoms with Crippen LogP contribution in [-0.4, -0.2) is 58.9 Å². The van der Waals surface area contributed by atoms with E-state index in [2.05, 4.69) is 22.0 Å². The first-order valence-electron chi connectivity index (χ1n) is 11.0. The lowest BCUT2D eigenvalue weighted by Gasteiger charge is -2.36. The summed E-state index contributed by atoms with van der Waals surface area (Å²) >= 11 is 0. The molecule has 5 rings (SSSR count). The molecular weight excluding hydrogens is 414 g/mol. The molecule has 1 fully saturated rings. The molecule has 33 heavy (non-hydrogen) atoms. The van der Waals surface area contributed by atoms with E-state index in [1.54, 1.807) is 24.2 Å². The summed E-state index contributed by atoms with van der Waals surface area (Å²) in [7, 11) is 1.67. The van der Waals surface area contributed by atoms with Crippen molar-refractivity contribution in [1.82, 2.24) is 19.7 Å². The predicted octanol–water partition coefficient (Wildman–Crippen LogP) is 3.91. The van der Waals surface area contributed by atoms with E-state index in [4.69, 9.17) is 9.84 Å². The molecule has 0 saturated carbocycles. The van der Waals surface area contributed by atoms with Gasteiger partial charge in [-0.2, -0.15) is 5.10 Å². The Morgan fingerprint density at radius 2 is 1.64 bits per heavy atom. The fraction of sp³-hybridized carbons (Fsp3) is 0.192. The molecule has 2 aromatic heterocycles. The molecule has 1 saturated heterocycles. The third-order valence-corrected chi connectivity index (χ3v) is 5.90. The van der Waals surface area contributed by atoms with E-state index in [9.17, 15) is 4.79 Å². The van der Waals surface area contributed by atoms with Crippen LogP contribution in [0.25, 0.3) is 16.9 Å². The predicted molar refractivity (Wildman–Crippen MR) is 128 cm³/mol. The van der Waals surface area contributed by atoms with Gasteiger partial charge >= 0.3 is 0 Å². The first-order valence-corrected chi connectivity index (χ1v) is 11.0. The molecule has 4 aromatic rings. The molecule has 1 aliphatic heterocycles. The maximum Gasteiger partial charge on any atom is 0.257 e. The first-order chi connectivity index (χ1) is 16.2. The lowest BCUT2D eigenvalue weighted by molar-refractivity contribution is 0.0747. The van der Waals surface area contributed by atoms with Gasteiger partial charge in [0.05, 0.1) is 18.4 Å². The third-order valence-electron chi connectivity index (χ3n) is 5.90. The average Bonchev–Trinajstić information content (AvgIpc) is 3.35. The summed E-state index contributed by atoms with van der Waals surface area (Å²) in [6.45, 7) is 2.84. The van der Waals surface area contributed by atoms with E-state index in [0.717, 1.165) is 35.8 Å². The van der Waals surface area contributed by atoms with Crippen molar-refractivity contribution in [3.05, 3.63) is 90.9 Å². The van der Waals surface area contributed by atoms with Crippen LogP contribution in [0.2, 0.25) is 0 Å². The van der Waals surface area contributed by atoms with Gasteiger partial charge in [-0.25, -0.2) is 4.68 Å². The molecule has 166 valence electrons. The summed E-state index contributed by atoms with van der Waals surface area (Å²) in [4.78, 5) is 22.0. The van der Waals surface area contributed by atoms with Crippen LogP contribution in [-0.2, 0) is 0 Å². The van der Waals surface area contributed by atoms with Crippen molar-refractivity contribution in [2.24, 2.45) is 0 Å². The standard InChI is InChI=1S/C26H25N5O2/c1-33-23-11-9-21(10-12-23)29-14-16-30(17-15-29)26(32)24-19-31(22-7-3-2-4-8-22)28-25(24)20-6-5-13-27-18-20/h2-13,18-19H,14-17H2,1H3. The van der Waals surface area contributed by atoms with Crippen LogP contribution >= 0.6 is 0 Å². The molecule has 1 aliphatic rings. The number of anilines is 1. The van der Waals surface area contributed by atoms with Gasteiger partial charge in [-0.3, -0.25) is 9.78 Å². The molecule has 2 aromatic carbocycles. The Morgan fingerprint density at radius 1 is 0.879 bits per heavy atom. The lowest BCUT2D eigenvalue weighted by atomic mass is 10.1. The van der Waals surface area contributed by atoms with Crippen molar-refractivity contribution in [3.63, 3.8) is 0 Å². The second kappa shape index (κ2) is 9.16. The Labute approximate surface area is 192 Å². The van der Waals surface area contributed by atoms with Crippen LogP contribution in [0.5, 0.6) is 5.75 Å². The zero-order valence-corrected chi connectivity index (χ0v) is 18.5. The first kappa shape index (κ1) is 20.8.